The topological polar surface area (TPSA) is 59.0 Å². The van der Waals surface area contributed by atoms with Gasteiger partial charge in [-0.05, 0) is 35.9 Å². The molecule has 0 fully saturated rings. The van der Waals surface area contributed by atoms with Crippen molar-refractivity contribution in [1.29, 1.82) is 0 Å². The minimum Gasteiger partial charge on any atom is -0.493 e. The van der Waals surface area contributed by atoms with Gasteiger partial charge in [0.25, 0.3) is 5.91 Å². The molecule has 1 atom stereocenters. The number of carbonyl (C=O) groups excluding carboxylic acids is 1. The number of ether oxygens (including phenoxy) is 2. The van der Waals surface area contributed by atoms with Gasteiger partial charge in [0, 0.05) is 12.6 Å². The lowest BCUT2D eigenvalue weighted by Crippen LogP contribution is -2.31. The molecule has 1 unspecified atom stereocenters. The summed E-state index contributed by atoms with van der Waals surface area (Å²) in [6.07, 6.45) is -0.878. The summed E-state index contributed by atoms with van der Waals surface area (Å²) >= 11 is 11.8. The molecule has 0 aliphatic heterocycles. The monoisotopic (exact) mass is 383 g/mol. The molecule has 0 aromatic heterocycles. The Hall–Kier alpha value is -1.95. The third kappa shape index (κ3) is 4.57. The van der Waals surface area contributed by atoms with E-state index in [1.54, 1.807) is 37.4 Å². The number of aliphatic hydroxyl groups is 1. The number of halogens is 2. The third-order valence-electron chi connectivity index (χ3n) is 3.75. The van der Waals surface area contributed by atoms with E-state index in [9.17, 15) is 9.90 Å². The number of benzene rings is 2. The molecule has 0 spiro atoms. The fourth-order valence-electron chi connectivity index (χ4n) is 2.36. The molecule has 25 heavy (non-hydrogen) atoms. The molecule has 7 heteroatoms. The molecular weight excluding hydrogens is 365 g/mol. The van der Waals surface area contributed by atoms with E-state index in [0.717, 1.165) is 0 Å². The van der Waals surface area contributed by atoms with Crippen LogP contribution in [0.3, 0.4) is 0 Å². The van der Waals surface area contributed by atoms with Crippen molar-refractivity contribution in [3.05, 3.63) is 57.6 Å². The number of rotatable bonds is 6. The highest BCUT2D eigenvalue weighted by atomic mass is 35.5. The highest BCUT2D eigenvalue weighted by Crippen LogP contribution is 2.30. The van der Waals surface area contributed by atoms with Crippen LogP contribution in [0.25, 0.3) is 0 Å². The second-order valence-electron chi connectivity index (χ2n) is 5.44. The molecule has 0 aliphatic carbocycles. The lowest BCUT2D eigenvalue weighted by molar-refractivity contribution is 0.0680. The molecule has 0 saturated carbocycles. The van der Waals surface area contributed by atoms with E-state index in [4.69, 9.17) is 32.7 Å². The Kier molecular flexibility index (Phi) is 6.53. The van der Waals surface area contributed by atoms with Crippen molar-refractivity contribution >= 4 is 29.1 Å². The number of likely N-dealkylation sites (N-methyl/N-ethyl adjacent to an activating group) is 1. The van der Waals surface area contributed by atoms with E-state index >= 15 is 0 Å². The zero-order valence-electron chi connectivity index (χ0n) is 14.1. The lowest BCUT2D eigenvalue weighted by Gasteiger charge is -2.22. The number of methoxy groups -OCH3 is 2. The van der Waals surface area contributed by atoms with Crippen LogP contribution < -0.4 is 9.47 Å². The Morgan fingerprint density at radius 3 is 2.36 bits per heavy atom. The highest BCUT2D eigenvalue weighted by Gasteiger charge is 2.18. The number of nitrogens with zero attached hydrogens (tertiary/aromatic N) is 1. The molecule has 0 aliphatic rings. The molecule has 0 heterocycles. The summed E-state index contributed by atoms with van der Waals surface area (Å²) in [5, 5.41) is 11.1. The second-order valence-corrected chi connectivity index (χ2v) is 6.26. The first-order chi connectivity index (χ1) is 11.9. The summed E-state index contributed by atoms with van der Waals surface area (Å²) in [6.45, 7) is 0.106. The Labute approximate surface area is 156 Å². The average molecular weight is 384 g/mol. The van der Waals surface area contributed by atoms with Crippen molar-refractivity contribution in [2.45, 2.75) is 6.10 Å². The summed E-state index contributed by atoms with van der Waals surface area (Å²) in [7, 11) is 4.67. The highest BCUT2D eigenvalue weighted by molar-refractivity contribution is 6.42. The van der Waals surface area contributed by atoms with Crippen LogP contribution in [0.4, 0.5) is 0 Å². The zero-order valence-corrected chi connectivity index (χ0v) is 15.6. The Balaban J connectivity index is 2.12. The SMILES string of the molecule is COc1ccc(C(O)CN(C)C(=O)c2ccc(Cl)c(Cl)c2)cc1OC. The molecule has 2 aromatic carbocycles. The van der Waals surface area contributed by atoms with E-state index in [1.165, 1.54) is 25.2 Å². The van der Waals surface area contributed by atoms with Gasteiger partial charge in [-0.3, -0.25) is 4.79 Å². The van der Waals surface area contributed by atoms with Crippen molar-refractivity contribution in [3.63, 3.8) is 0 Å². The summed E-state index contributed by atoms with van der Waals surface area (Å²) in [5.74, 6) is 0.814. The van der Waals surface area contributed by atoms with Gasteiger partial charge < -0.3 is 19.5 Å². The summed E-state index contributed by atoms with van der Waals surface area (Å²) < 4.78 is 10.4. The molecule has 1 amide bonds. The number of hydrogen-bond acceptors (Lipinski definition) is 4. The van der Waals surface area contributed by atoms with Gasteiger partial charge >= 0.3 is 0 Å². The number of amides is 1. The molecule has 0 bridgehead atoms. The zero-order chi connectivity index (χ0) is 18.6. The normalized spacial score (nSPS) is 11.8. The van der Waals surface area contributed by atoms with Crippen molar-refractivity contribution in [3.8, 4) is 11.5 Å². The van der Waals surface area contributed by atoms with Gasteiger partial charge in [0.15, 0.2) is 11.5 Å². The summed E-state index contributed by atoms with van der Waals surface area (Å²) in [4.78, 5) is 13.9. The molecule has 5 nitrogen and oxygen atoms in total. The van der Waals surface area contributed by atoms with Gasteiger partial charge in [-0.15, -0.1) is 0 Å². The lowest BCUT2D eigenvalue weighted by atomic mass is 10.1. The molecule has 1 N–H and O–H groups in total. The van der Waals surface area contributed by atoms with Gasteiger partial charge in [-0.2, -0.15) is 0 Å². The maximum atomic E-state index is 12.5. The van der Waals surface area contributed by atoms with Gasteiger partial charge in [0.2, 0.25) is 0 Å². The van der Waals surface area contributed by atoms with Gasteiger partial charge in [0.1, 0.15) is 0 Å². The molecular formula is C18H19Cl2NO4. The van der Waals surface area contributed by atoms with Crippen LogP contribution in [0, 0.1) is 0 Å². The number of carbonyl (C=O) groups is 1. The third-order valence-corrected chi connectivity index (χ3v) is 4.49. The Morgan fingerprint density at radius 1 is 1.08 bits per heavy atom. The van der Waals surface area contributed by atoms with Crippen LogP contribution in [0.1, 0.15) is 22.0 Å². The van der Waals surface area contributed by atoms with Crippen molar-refractivity contribution in [2.75, 3.05) is 27.8 Å². The van der Waals surface area contributed by atoms with Gasteiger partial charge in [-0.25, -0.2) is 0 Å². The fraction of sp³-hybridized carbons (Fsp3) is 0.278. The van der Waals surface area contributed by atoms with Crippen LogP contribution in [0.2, 0.25) is 10.0 Å². The van der Waals surface area contributed by atoms with E-state index in [2.05, 4.69) is 0 Å². The van der Waals surface area contributed by atoms with E-state index in [0.29, 0.717) is 32.7 Å². The average Bonchev–Trinajstić information content (AvgIpc) is 2.62. The van der Waals surface area contributed by atoms with Crippen LogP contribution in [-0.2, 0) is 0 Å². The molecule has 134 valence electrons. The van der Waals surface area contributed by atoms with Crippen LogP contribution in [-0.4, -0.2) is 43.7 Å². The molecule has 0 saturated heterocycles. The molecule has 0 radical (unpaired) electrons. The minimum atomic E-state index is -0.878. The van der Waals surface area contributed by atoms with E-state index < -0.39 is 6.10 Å². The minimum absolute atomic E-state index is 0.106. The fourth-order valence-corrected chi connectivity index (χ4v) is 2.66. The largest absolute Gasteiger partial charge is 0.493 e. The van der Waals surface area contributed by atoms with Crippen LogP contribution in [0.15, 0.2) is 36.4 Å². The van der Waals surface area contributed by atoms with Crippen molar-refractivity contribution < 1.29 is 19.4 Å². The standard InChI is InChI=1S/C18H19Cl2NO4/c1-21(18(23)12-4-6-13(19)14(20)8-12)10-15(22)11-5-7-16(24-2)17(9-11)25-3/h4-9,15,22H,10H2,1-3H3. The van der Waals surface area contributed by atoms with Gasteiger partial charge in [-0.1, -0.05) is 29.3 Å². The first-order valence-corrected chi connectivity index (χ1v) is 8.23. The maximum Gasteiger partial charge on any atom is 0.253 e. The predicted octanol–water partition coefficient (Wildman–Crippen LogP) is 3.82. The predicted molar refractivity (Wildman–Crippen MR) is 97.9 cm³/mol. The van der Waals surface area contributed by atoms with E-state index in [1.807, 2.05) is 0 Å². The van der Waals surface area contributed by atoms with Crippen molar-refractivity contribution in [1.82, 2.24) is 4.90 Å². The number of hydrogen-bond donors (Lipinski definition) is 1. The van der Waals surface area contributed by atoms with Crippen molar-refractivity contribution in [2.24, 2.45) is 0 Å². The molecule has 2 aromatic rings. The van der Waals surface area contributed by atoms with Gasteiger partial charge in [0.05, 0.1) is 36.9 Å². The maximum absolute atomic E-state index is 12.5. The Bertz CT molecular complexity index is 767. The quantitative estimate of drug-likeness (QED) is 0.823. The summed E-state index contributed by atoms with van der Waals surface area (Å²) in [5.41, 5.74) is 1.02. The van der Waals surface area contributed by atoms with Crippen LogP contribution in [0.5, 0.6) is 11.5 Å². The molecule has 2 rings (SSSR count). The first-order valence-electron chi connectivity index (χ1n) is 7.48. The first kappa shape index (κ1) is 19.4. The number of aliphatic hydroxyl groups excluding tert-OH is 1. The Morgan fingerprint density at radius 2 is 1.76 bits per heavy atom. The van der Waals surface area contributed by atoms with E-state index in [-0.39, 0.29) is 12.5 Å². The summed E-state index contributed by atoms with van der Waals surface area (Å²) in [6, 6.07) is 9.78. The smallest absolute Gasteiger partial charge is 0.253 e. The van der Waals surface area contributed by atoms with Crippen LogP contribution >= 0.6 is 23.2 Å². The second kappa shape index (κ2) is 8.43.